The van der Waals surface area contributed by atoms with E-state index in [0.29, 0.717) is 0 Å². The van der Waals surface area contributed by atoms with Crippen LogP contribution in [0.2, 0.25) is 0 Å². The highest BCUT2D eigenvalue weighted by atomic mass is 19.4. The van der Waals surface area contributed by atoms with Crippen LogP contribution in [0.15, 0.2) is 0 Å². The second-order valence-corrected chi connectivity index (χ2v) is 2.74. The third kappa shape index (κ3) is 7.61. The van der Waals surface area contributed by atoms with Crippen LogP contribution in [-0.2, 0) is 0 Å². The molecule has 1 unspecified atom stereocenters. The summed E-state index contributed by atoms with van der Waals surface area (Å²) in [5.41, 5.74) is 0. The molecule has 0 radical (unpaired) electrons. The number of hydrogen-bond acceptors (Lipinski definition) is 2. The summed E-state index contributed by atoms with van der Waals surface area (Å²) in [4.78, 5) is 1.51. The number of aliphatic hydroxyl groups is 1. The first-order chi connectivity index (χ1) is 4.81. The van der Waals surface area contributed by atoms with Gasteiger partial charge in [0.25, 0.3) is 0 Å². The van der Waals surface area contributed by atoms with E-state index >= 15 is 0 Å². The van der Waals surface area contributed by atoms with E-state index in [1.54, 1.807) is 14.1 Å². The first-order valence-corrected chi connectivity index (χ1v) is 3.21. The quantitative estimate of drug-likeness (QED) is 0.680. The van der Waals surface area contributed by atoms with Gasteiger partial charge in [0.2, 0.25) is 0 Å². The van der Waals surface area contributed by atoms with Crippen molar-refractivity contribution in [3.8, 4) is 0 Å². The van der Waals surface area contributed by atoms with Crippen LogP contribution in [0.4, 0.5) is 13.2 Å². The third-order valence-corrected chi connectivity index (χ3v) is 1.04. The van der Waals surface area contributed by atoms with Crippen molar-refractivity contribution in [1.82, 2.24) is 4.90 Å². The van der Waals surface area contributed by atoms with Crippen molar-refractivity contribution in [2.75, 3.05) is 20.6 Å². The van der Waals surface area contributed by atoms with E-state index in [1.165, 1.54) is 4.90 Å². The lowest BCUT2D eigenvalue weighted by Crippen LogP contribution is -2.30. The summed E-state index contributed by atoms with van der Waals surface area (Å²) in [6, 6.07) is 0. The van der Waals surface area contributed by atoms with Crippen LogP contribution >= 0.6 is 0 Å². The van der Waals surface area contributed by atoms with Crippen LogP contribution in [0, 0.1) is 0 Å². The van der Waals surface area contributed by atoms with E-state index in [4.69, 9.17) is 5.11 Å². The van der Waals surface area contributed by atoms with Gasteiger partial charge in [-0.1, -0.05) is 0 Å². The zero-order valence-electron chi connectivity index (χ0n) is 6.52. The Morgan fingerprint density at radius 2 is 1.82 bits per heavy atom. The maximum atomic E-state index is 11.6. The Hall–Kier alpha value is -0.290. The van der Waals surface area contributed by atoms with E-state index in [2.05, 4.69) is 0 Å². The minimum Gasteiger partial charge on any atom is -0.391 e. The molecule has 1 N–H and O–H groups in total. The molecular weight excluding hydrogens is 159 g/mol. The summed E-state index contributed by atoms with van der Waals surface area (Å²) in [5.74, 6) is 0. The molecule has 0 saturated carbocycles. The van der Waals surface area contributed by atoms with Crippen LogP contribution in [0.1, 0.15) is 6.42 Å². The van der Waals surface area contributed by atoms with Gasteiger partial charge in [0.15, 0.2) is 0 Å². The Morgan fingerprint density at radius 3 is 2.09 bits per heavy atom. The lowest BCUT2D eigenvalue weighted by molar-refractivity contribution is -0.154. The van der Waals surface area contributed by atoms with Crippen molar-refractivity contribution in [3.05, 3.63) is 0 Å². The lowest BCUT2D eigenvalue weighted by Gasteiger charge is -2.16. The van der Waals surface area contributed by atoms with E-state index in [-0.39, 0.29) is 6.54 Å². The molecule has 0 aliphatic heterocycles. The van der Waals surface area contributed by atoms with Crippen LogP contribution in [0.3, 0.4) is 0 Å². The molecule has 0 saturated heterocycles. The lowest BCUT2D eigenvalue weighted by atomic mass is 10.2. The predicted molar refractivity (Wildman–Crippen MR) is 35.2 cm³/mol. The number of nitrogens with zero attached hydrogens (tertiary/aromatic N) is 1. The molecule has 68 valence electrons. The van der Waals surface area contributed by atoms with Gasteiger partial charge in [-0.15, -0.1) is 0 Å². The first kappa shape index (κ1) is 10.7. The molecule has 0 aliphatic rings. The highest BCUT2D eigenvalue weighted by Crippen LogP contribution is 2.21. The molecule has 0 rings (SSSR count). The molecule has 0 spiro atoms. The molecule has 0 aromatic rings. The molecule has 0 aliphatic carbocycles. The monoisotopic (exact) mass is 171 g/mol. The Morgan fingerprint density at radius 1 is 1.36 bits per heavy atom. The molecule has 0 bridgehead atoms. The molecule has 1 atom stereocenters. The molecule has 0 heterocycles. The van der Waals surface area contributed by atoms with Crippen LogP contribution in [-0.4, -0.2) is 42.9 Å². The van der Waals surface area contributed by atoms with Crippen LogP contribution in [0.5, 0.6) is 0 Å². The van der Waals surface area contributed by atoms with Gasteiger partial charge in [0, 0.05) is 6.54 Å². The largest absolute Gasteiger partial charge is 0.391 e. The fourth-order valence-electron chi connectivity index (χ4n) is 0.753. The average molecular weight is 171 g/mol. The number of rotatable bonds is 3. The zero-order chi connectivity index (χ0) is 9.07. The topological polar surface area (TPSA) is 23.5 Å². The molecule has 0 aromatic heterocycles. The van der Waals surface area contributed by atoms with Crippen molar-refractivity contribution >= 4 is 0 Å². The van der Waals surface area contributed by atoms with Gasteiger partial charge in [-0.25, -0.2) is 0 Å². The minimum atomic E-state index is -4.27. The van der Waals surface area contributed by atoms with Crippen molar-refractivity contribution < 1.29 is 18.3 Å². The fraction of sp³-hybridized carbons (Fsp3) is 1.00. The summed E-state index contributed by atoms with van der Waals surface area (Å²) < 4.78 is 34.7. The molecular formula is C6H12F3NO. The molecule has 0 fully saturated rings. The molecule has 2 nitrogen and oxygen atoms in total. The zero-order valence-corrected chi connectivity index (χ0v) is 6.52. The predicted octanol–water partition coefficient (Wildman–Crippen LogP) is 0.861. The maximum Gasteiger partial charge on any atom is 0.391 e. The van der Waals surface area contributed by atoms with E-state index in [0.717, 1.165) is 0 Å². The van der Waals surface area contributed by atoms with Crippen LogP contribution < -0.4 is 0 Å². The number of alkyl halides is 3. The van der Waals surface area contributed by atoms with Gasteiger partial charge in [-0.2, -0.15) is 13.2 Å². The van der Waals surface area contributed by atoms with Gasteiger partial charge in [0.1, 0.15) is 0 Å². The summed E-state index contributed by atoms with van der Waals surface area (Å²) in [6.07, 6.45) is -6.72. The first-order valence-electron chi connectivity index (χ1n) is 3.21. The average Bonchev–Trinajstić information content (AvgIpc) is 1.53. The Labute approximate surface area is 63.6 Å². The highest BCUT2D eigenvalue weighted by Gasteiger charge is 2.30. The van der Waals surface area contributed by atoms with Crippen molar-refractivity contribution in [2.24, 2.45) is 0 Å². The Balaban J connectivity index is 3.61. The van der Waals surface area contributed by atoms with E-state index < -0.39 is 18.7 Å². The number of likely N-dealkylation sites (N-methyl/N-ethyl adjacent to an activating group) is 1. The fourth-order valence-corrected chi connectivity index (χ4v) is 0.753. The number of halogens is 3. The molecule has 0 aromatic carbocycles. The van der Waals surface area contributed by atoms with Gasteiger partial charge < -0.3 is 10.0 Å². The summed E-state index contributed by atoms with van der Waals surface area (Å²) in [7, 11) is 3.22. The van der Waals surface area contributed by atoms with E-state index in [9.17, 15) is 13.2 Å². The van der Waals surface area contributed by atoms with E-state index in [1.807, 2.05) is 0 Å². The van der Waals surface area contributed by atoms with Gasteiger partial charge in [-0.3, -0.25) is 0 Å². The van der Waals surface area contributed by atoms with Gasteiger partial charge >= 0.3 is 6.18 Å². The standard InChI is InChI=1S/C6H12F3NO/c1-10(2)4-5(11)3-6(7,8)9/h5,11H,3-4H2,1-2H3. The van der Waals surface area contributed by atoms with Gasteiger partial charge in [-0.05, 0) is 14.1 Å². The Kier molecular flexibility index (Phi) is 3.82. The second kappa shape index (κ2) is 3.92. The van der Waals surface area contributed by atoms with Crippen molar-refractivity contribution in [1.29, 1.82) is 0 Å². The molecule has 5 heteroatoms. The smallest absolute Gasteiger partial charge is 0.391 e. The summed E-state index contributed by atoms with van der Waals surface area (Å²) in [5, 5.41) is 8.79. The molecule has 11 heavy (non-hydrogen) atoms. The second-order valence-electron chi connectivity index (χ2n) is 2.74. The SMILES string of the molecule is CN(C)CC(O)CC(F)(F)F. The van der Waals surface area contributed by atoms with Crippen molar-refractivity contribution in [3.63, 3.8) is 0 Å². The number of hydrogen-bond donors (Lipinski definition) is 1. The van der Waals surface area contributed by atoms with Gasteiger partial charge in [0.05, 0.1) is 12.5 Å². The molecule has 0 amide bonds. The van der Waals surface area contributed by atoms with Crippen LogP contribution in [0.25, 0.3) is 0 Å². The Bertz CT molecular complexity index is 113. The minimum absolute atomic E-state index is 0.0412. The normalized spacial score (nSPS) is 15.5. The third-order valence-electron chi connectivity index (χ3n) is 1.04. The summed E-state index contributed by atoms with van der Waals surface area (Å²) in [6.45, 7) is 0.0412. The van der Waals surface area contributed by atoms with Crippen molar-refractivity contribution in [2.45, 2.75) is 18.7 Å². The highest BCUT2D eigenvalue weighted by molar-refractivity contribution is 4.63. The summed E-state index contributed by atoms with van der Waals surface area (Å²) >= 11 is 0. The maximum absolute atomic E-state index is 11.6. The number of aliphatic hydroxyl groups excluding tert-OH is 1.